The van der Waals surface area contributed by atoms with Crippen LogP contribution in [-0.2, 0) is 0 Å². The summed E-state index contributed by atoms with van der Waals surface area (Å²) in [4.78, 5) is 4.25. The highest BCUT2D eigenvalue weighted by molar-refractivity contribution is 6.31. The lowest BCUT2D eigenvalue weighted by molar-refractivity contribution is 0.695. The number of nitrogens with two attached hydrogens (primary N) is 1. The summed E-state index contributed by atoms with van der Waals surface area (Å²) in [5, 5.41) is 11.4. The predicted molar refractivity (Wildman–Crippen MR) is 110 cm³/mol. The van der Waals surface area contributed by atoms with E-state index in [0.29, 0.717) is 16.4 Å². The lowest BCUT2D eigenvalue weighted by atomic mass is 9.94. The zero-order valence-electron chi connectivity index (χ0n) is 15.4. The molecule has 0 aliphatic heterocycles. The fourth-order valence-corrected chi connectivity index (χ4v) is 3.04. The number of hydrogen-bond acceptors (Lipinski definition) is 4. The van der Waals surface area contributed by atoms with E-state index < -0.39 is 6.04 Å². The second-order valence-electron chi connectivity index (χ2n) is 5.98. The van der Waals surface area contributed by atoms with Gasteiger partial charge in [-0.25, -0.2) is 0 Å². The van der Waals surface area contributed by atoms with Gasteiger partial charge in [-0.2, -0.15) is 0 Å². The molecule has 0 aliphatic rings. The molecule has 0 bridgehead atoms. The Morgan fingerprint density at radius 2 is 2.08 bits per heavy atom. The maximum atomic E-state index is 7.48. The van der Waals surface area contributed by atoms with E-state index in [2.05, 4.69) is 23.6 Å². The Morgan fingerprint density at radius 3 is 2.52 bits per heavy atom. The molecule has 0 saturated heterocycles. The van der Waals surface area contributed by atoms with Crippen LogP contribution in [0, 0.1) is 12.3 Å². The van der Waals surface area contributed by atoms with Gasteiger partial charge in [0.1, 0.15) is 6.04 Å². The first-order valence-corrected chi connectivity index (χ1v) is 8.45. The molecule has 0 spiro atoms. The molecule has 134 valence electrons. The third-order valence-corrected chi connectivity index (χ3v) is 4.37. The minimum atomic E-state index is -0.417. The summed E-state index contributed by atoms with van der Waals surface area (Å²) < 4.78 is 0. The molecule has 0 radical (unpaired) electrons. The Morgan fingerprint density at radius 1 is 1.44 bits per heavy atom. The molecule has 4 N–H and O–H groups in total. The molecule has 1 rings (SSSR count). The fourth-order valence-electron chi connectivity index (χ4n) is 2.70. The van der Waals surface area contributed by atoms with Crippen LogP contribution in [0.4, 0.5) is 0 Å². The van der Waals surface area contributed by atoms with Crippen LogP contribution in [-0.4, -0.2) is 19.0 Å². The van der Waals surface area contributed by atoms with Gasteiger partial charge in [-0.3, -0.25) is 4.99 Å². The number of hydrogen-bond donors (Lipinski definition) is 3. The summed E-state index contributed by atoms with van der Waals surface area (Å²) in [5.74, 6) is 0. The fraction of sp³-hybridized carbons (Fsp3) is 0.300. The van der Waals surface area contributed by atoms with Crippen molar-refractivity contribution in [3.63, 3.8) is 0 Å². The van der Waals surface area contributed by atoms with Gasteiger partial charge in [0.2, 0.25) is 0 Å². The molecule has 1 aromatic carbocycles. The van der Waals surface area contributed by atoms with Crippen molar-refractivity contribution < 1.29 is 0 Å². The molecule has 1 aromatic rings. The second kappa shape index (κ2) is 9.23. The third-order valence-electron chi connectivity index (χ3n) is 4.05. The number of aliphatic imine (C=N–C) groups is 1. The van der Waals surface area contributed by atoms with Crippen molar-refractivity contribution in [2.24, 2.45) is 10.7 Å². The Kier molecular flexibility index (Phi) is 7.65. The van der Waals surface area contributed by atoms with E-state index >= 15 is 0 Å². The van der Waals surface area contributed by atoms with Crippen LogP contribution in [0.25, 0.3) is 0 Å². The molecule has 2 unspecified atom stereocenters. The number of nitrogens with one attached hydrogen (secondary N) is 2. The van der Waals surface area contributed by atoms with Crippen LogP contribution < -0.4 is 11.1 Å². The number of benzene rings is 1. The van der Waals surface area contributed by atoms with E-state index in [1.165, 1.54) is 6.21 Å². The van der Waals surface area contributed by atoms with Crippen LogP contribution in [0.3, 0.4) is 0 Å². The average molecular weight is 359 g/mol. The van der Waals surface area contributed by atoms with Gasteiger partial charge in [-0.05, 0) is 57.2 Å². The third kappa shape index (κ3) is 5.07. The van der Waals surface area contributed by atoms with E-state index in [-0.39, 0.29) is 6.04 Å². The Bertz CT molecular complexity index is 727. The highest BCUT2D eigenvalue weighted by Gasteiger charge is 2.23. The molecule has 0 aromatic heterocycles. The number of halogens is 1. The first-order chi connectivity index (χ1) is 11.8. The summed E-state index contributed by atoms with van der Waals surface area (Å²) in [7, 11) is 0. The summed E-state index contributed by atoms with van der Waals surface area (Å²) in [6.07, 6.45) is 3.21. The lowest BCUT2D eigenvalue weighted by Crippen LogP contribution is -2.30. The van der Waals surface area contributed by atoms with Crippen LogP contribution >= 0.6 is 11.6 Å². The molecule has 25 heavy (non-hydrogen) atoms. The minimum Gasteiger partial charge on any atom is -0.402 e. The topological polar surface area (TPSA) is 74.3 Å². The van der Waals surface area contributed by atoms with Crippen molar-refractivity contribution in [1.82, 2.24) is 5.32 Å². The number of rotatable bonds is 8. The quantitative estimate of drug-likeness (QED) is 0.465. The van der Waals surface area contributed by atoms with Crippen molar-refractivity contribution in [3.8, 4) is 0 Å². The molecular formula is C20H27ClN4. The molecule has 4 nitrogen and oxygen atoms in total. The largest absolute Gasteiger partial charge is 0.402 e. The van der Waals surface area contributed by atoms with E-state index in [1.54, 1.807) is 6.92 Å². The van der Waals surface area contributed by atoms with E-state index in [0.717, 1.165) is 22.3 Å². The van der Waals surface area contributed by atoms with Gasteiger partial charge in [0.15, 0.2) is 0 Å². The Hall–Kier alpha value is -2.33. The summed E-state index contributed by atoms with van der Waals surface area (Å²) in [6, 6.07) is 5.31. The molecule has 0 aliphatic carbocycles. The van der Waals surface area contributed by atoms with Gasteiger partial charge in [0, 0.05) is 34.2 Å². The molecule has 0 fully saturated rings. The van der Waals surface area contributed by atoms with Crippen LogP contribution in [0.15, 0.2) is 58.4 Å². The highest BCUT2D eigenvalue weighted by Crippen LogP contribution is 2.35. The van der Waals surface area contributed by atoms with Gasteiger partial charge in [-0.15, -0.1) is 0 Å². The van der Waals surface area contributed by atoms with Crippen molar-refractivity contribution in [2.75, 3.05) is 0 Å². The van der Waals surface area contributed by atoms with Crippen molar-refractivity contribution in [3.05, 3.63) is 69.5 Å². The number of aryl methyl sites for hydroxylation is 1. The average Bonchev–Trinajstić information content (AvgIpc) is 2.53. The van der Waals surface area contributed by atoms with Crippen LogP contribution in [0.5, 0.6) is 0 Å². The molecule has 0 amide bonds. The SMILES string of the molecule is C=NC(/C(C(=C)NC(C)/C(C=N)=C/C)=C(/C)N)c1ccc(C)cc1Cl. The van der Waals surface area contributed by atoms with E-state index in [9.17, 15) is 0 Å². The van der Waals surface area contributed by atoms with Crippen molar-refractivity contribution >= 4 is 24.5 Å². The van der Waals surface area contributed by atoms with Gasteiger partial charge in [0.05, 0.1) is 0 Å². The maximum absolute atomic E-state index is 7.48. The molecule has 0 heterocycles. The minimum absolute atomic E-state index is 0.0803. The zero-order valence-corrected chi connectivity index (χ0v) is 16.1. The van der Waals surface area contributed by atoms with Crippen LogP contribution in [0.2, 0.25) is 5.02 Å². The molecular weight excluding hydrogens is 332 g/mol. The first-order valence-electron chi connectivity index (χ1n) is 8.07. The number of allylic oxidation sites excluding steroid dienone is 2. The van der Waals surface area contributed by atoms with Crippen molar-refractivity contribution in [1.29, 1.82) is 5.41 Å². The summed E-state index contributed by atoms with van der Waals surface area (Å²) in [5.41, 5.74) is 10.9. The van der Waals surface area contributed by atoms with Gasteiger partial charge in [-0.1, -0.05) is 36.4 Å². The standard InChI is InChI=1S/C20H27ClN4/c1-7-16(11-22)14(4)25-15(5)19(13(3)23)20(24-6)17-9-8-12(2)10-18(17)21/h7-11,14,20,22,25H,5-6,23H2,1-4H3/b16-7+,19-13-,22-11?. The molecule has 0 saturated carbocycles. The summed E-state index contributed by atoms with van der Waals surface area (Å²) in [6.45, 7) is 15.5. The van der Waals surface area contributed by atoms with E-state index in [4.69, 9.17) is 22.7 Å². The Balaban J connectivity index is 3.25. The molecule has 5 heteroatoms. The lowest BCUT2D eigenvalue weighted by Gasteiger charge is -2.25. The Labute approximate surface area is 155 Å². The van der Waals surface area contributed by atoms with Crippen molar-refractivity contribution in [2.45, 2.75) is 39.8 Å². The molecule has 2 atom stereocenters. The first kappa shape index (κ1) is 20.7. The van der Waals surface area contributed by atoms with Gasteiger partial charge in [0.25, 0.3) is 0 Å². The second-order valence-corrected chi connectivity index (χ2v) is 6.39. The number of nitrogens with zero attached hydrogens (tertiary/aromatic N) is 1. The highest BCUT2D eigenvalue weighted by atomic mass is 35.5. The predicted octanol–water partition coefficient (Wildman–Crippen LogP) is 4.71. The summed E-state index contributed by atoms with van der Waals surface area (Å²) >= 11 is 6.42. The normalized spacial score (nSPS) is 15.0. The van der Waals surface area contributed by atoms with Gasteiger partial charge >= 0.3 is 0 Å². The smallest absolute Gasteiger partial charge is 0.104 e. The van der Waals surface area contributed by atoms with E-state index in [1.807, 2.05) is 45.0 Å². The maximum Gasteiger partial charge on any atom is 0.104 e. The zero-order chi connectivity index (χ0) is 19.1. The van der Waals surface area contributed by atoms with Crippen LogP contribution in [0.1, 0.15) is 37.9 Å². The van der Waals surface area contributed by atoms with Gasteiger partial charge < -0.3 is 16.5 Å². The monoisotopic (exact) mass is 358 g/mol.